The molecule has 2 aromatic rings. The van der Waals surface area contributed by atoms with Crippen molar-refractivity contribution in [3.05, 3.63) is 42.0 Å². The summed E-state index contributed by atoms with van der Waals surface area (Å²) in [5.74, 6) is 0.848. The first kappa shape index (κ1) is 9.29. The van der Waals surface area contributed by atoms with Gasteiger partial charge in [-0.1, -0.05) is 30.3 Å². The van der Waals surface area contributed by atoms with Crippen molar-refractivity contribution >= 4 is 22.5 Å². The van der Waals surface area contributed by atoms with Crippen molar-refractivity contribution in [2.24, 2.45) is 0 Å². The van der Waals surface area contributed by atoms with E-state index < -0.39 is 0 Å². The molecular formula is C14H14S. The van der Waals surface area contributed by atoms with Crippen LogP contribution in [0.4, 0.5) is 0 Å². The van der Waals surface area contributed by atoms with Crippen molar-refractivity contribution < 1.29 is 0 Å². The van der Waals surface area contributed by atoms with Crippen LogP contribution < -0.4 is 0 Å². The molecular weight excluding hydrogens is 200 g/mol. The smallest absolute Gasteiger partial charge is 0.0150 e. The summed E-state index contributed by atoms with van der Waals surface area (Å²) in [4.78, 5) is 1.43. The van der Waals surface area contributed by atoms with Gasteiger partial charge in [0.1, 0.15) is 0 Å². The van der Waals surface area contributed by atoms with Gasteiger partial charge >= 0.3 is 0 Å². The molecule has 1 fully saturated rings. The van der Waals surface area contributed by atoms with E-state index in [4.69, 9.17) is 0 Å². The number of hydrogen-bond acceptors (Lipinski definition) is 1. The lowest BCUT2D eigenvalue weighted by Gasteiger charge is -2.07. The molecule has 1 heteroatoms. The third-order valence-corrected chi connectivity index (χ3v) is 3.89. The van der Waals surface area contributed by atoms with E-state index in [-0.39, 0.29) is 0 Å². The highest BCUT2D eigenvalue weighted by atomic mass is 32.2. The summed E-state index contributed by atoms with van der Waals surface area (Å²) in [6, 6.07) is 13.4. The van der Waals surface area contributed by atoms with E-state index in [0.29, 0.717) is 0 Å². The van der Waals surface area contributed by atoms with Gasteiger partial charge in [0, 0.05) is 4.90 Å². The Balaban J connectivity index is 2.25. The molecule has 0 unspecified atom stereocenters. The van der Waals surface area contributed by atoms with Gasteiger partial charge in [0.2, 0.25) is 0 Å². The minimum atomic E-state index is 0.848. The first-order valence-electron chi connectivity index (χ1n) is 5.45. The highest BCUT2D eigenvalue weighted by molar-refractivity contribution is 7.98. The predicted octanol–water partition coefficient (Wildman–Crippen LogP) is 4.44. The third kappa shape index (κ3) is 1.65. The second kappa shape index (κ2) is 3.57. The Labute approximate surface area is 94.7 Å². The van der Waals surface area contributed by atoms with Crippen molar-refractivity contribution in [2.45, 2.75) is 23.7 Å². The SMILES string of the molecule is CSc1cc(C2CC2)cc2ccccc12. The number of rotatable bonds is 2. The zero-order valence-electron chi connectivity index (χ0n) is 8.86. The molecule has 0 bridgehead atoms. The van der Waals surface area contributed by atoms with E-state index >= 15 is 0 Å². The molecule has 0 N–H and O–H groups in total. The van der Waals surface area contributed by atoms with E-state index in [0.717, 1.165) is 5.92 Å². The second-order valence-corrected chi connectivity index (χ2v) is 5.07. The summed E-state index contributed by atoms with van der Waals surface area (Å²) in [6.45, 7) is 0. The molecule has 0 saturated heterocycles. The van der Waals surface area contributed by atoms with Crippen LogP contribution >= 0.6 is 11.8 Å². The fourth-order valence-corrected chi connectivity index (χ4v) is 2.78. The molecule has 0 amide bonds. The molecule has 76 valence electrons. The standard InChI is InChI=1S/C14H14S/c1-15-14-9-12(10-6-7-10)8-11-4-2-3-5-13(11)14/h2-5,8-10H,6-7H2,1H3. The van der Waals surface area contributed by atoms with E-state index in [1.165, 1.54) is 34.1 Å². The molecule has 0 nitrogen and oxygen atoms in total. The highest BCUT2D eigenvalue weighted by Gasteiger charge is 2.24. The van der Waals surface area contributed by atoms with Gasteiger partial charge in [-0.2, -0.15) is 0 Å². The normalized spacial score (nSPS) is 15.8. The molecule has 3 rings (SSSR count). The first-order valence-corrected chi connectivity index (χ1v) is 6.67. The van der Waals surface area contributed by atoms with Gasteiger partial charge in [-0.05, 0) is 47.4 Å². The fourth-order valence-electron chi connectivity index (χ4n) is 2.12. The van der Waals surface area contributed by atoms with Crippen LogP contribution in [0.15, 0.2) is 41.3 Å². The summed E-state index contributed by atoms with van der Waals surface area (Å²) < 4.78 is 0. The van der Waals surface area contributed by atoms with Gasteiger partial charge in [0.05, 0.1) is 0 Å². The Bertz CT molecular complexity index is 498. The summed E-state index contributed by atoms with van der Waals surface area (Å²) in [6.07, 6.45) is 4.93. The molecule has 1 aliphatic rings. The Morgan fingerprint density at radius 3 is 2.67 bits per heavy atom. The third-order valence-electron chi connectivity index (χ3n) is 3.11. The quantitative estimate of drug-likeness (QED) is 0.666. The highest BCUT2D eigenvalue weighted by Crippen LogP contribution is 2.42. The molecule has 1 saturated carbocycles. The maximum Gasteiger partial charge on any atom is 0.0150 e. The summed E-state index contributed by atoms with van der Waals surface area (Å²) in [7, 11) is 0. The molecule has 0 radical (unpaired) electrons. The van der Waals surface area contributed by atoms with Gasteiger partial charge in [-0.15, -0.1) is 11.8 Å². The Morgan fingerprint density at radius 2 is 1.93 bits per heavy atom. The molecule has 0 spiro atoms. The fraction of sp³-hybridized carbons (Fsp3) is 0.286. The molecule has 15 heavy (non-hydrogen) atoms. The van der Waals surface area contributed by atoms with Crippen LogP contribution in [0.1, 0.15) is 24.3 Å². The number of hydrogen-bond donors (Lipinski definition) is 0. The average Bonchev–Trinajstić information content (AvgIpc) is 3.11. The minimum Gasteiger partial charge on any atom is -0.129 e. The topological polar surface area (TPSA) is 0 Å². The zero-order chi connectivity index (χ0) is 10.3. The summed E-state index contributed by atoms with van der Waals surface area (Å²) in [5.41, 5.74) is 1.54. The van der Waals surface area contributed by atoms with Gasteiger partial charge in [-0.25, -0.2) is 0 Å². The van der Waals surface area contributed by atoms with Crippen molar-refractivity contribution in [1.82, 2.24) is 0 Å². The average molecular weight is 214 g/mol. The predicted molar refractivity (Wildman–Crippen MR) is 67.7 cm³/mol. The monoisotopic (exact) mass is 214 g/mol. The first-order chi connectivity index (χ1) is 7.38. The van der Waals surface area contributed by atoms with Crippen LogP contribution in [0.25, 0.3) is 10.8 Å². The number of fused-ring (bicyclic) bond motifs is 1. The summed E-state index contributed by atoms with van der Waals surface area (Å²) in [5, 5.41) is 2.79. The Hall–Kier alpha value is -0.950. The largest absolute Gasteiger partial charge is 0.129 e. The van der Waals surface area contributed by atoms with Crippen molar-refractivity contribution in [3.8, 4) is 0 Å². The van der Waals surface area contributed by atoms with Crippen LogP contribution in [0.5, 0.6) is 0 Å². The van der Waals surface area contributed by atoms with E-state index in [9.17, 15) is 0 Å². The molecule has 0 aliphatic heterocycles. The van der Waals surface area contributed by atoms with Gasteiger partial charge in [0.25, 0.3) is 0 Å². The maximum absolute atomic E-state index is 2.38. The van der Waals surface area contributed by atoms with Crippen LogP contribution in [-0.4, -0.2) is 6.26 Å². The maximum atomic E-state index is 2.38. The lowest BCUT2D eigenvalue weighted by atomic mass is 10.0. The van der Waals surface area contributed by atoms with E-state index in [2.05, 4.69) is 42.7 Å². The van der Waals surface area contributed by atoms with Crippen molar-refractivity contribution in [1.29, 1.82) is 0 Å². The molecule has 0 atom stereocenters. The lowest BCUT2D eigenvalue weighted by Crippen LogP contribution is -1.83. The van der Waals surface area contributed by atoms with Crippen molar-refractivity contribution in [3.63, 3.8) is 0 Å². The Kier molecular flexibility index (Phi) is 2.21. The summed E-state index contributed by atoms with van der Waals surface area (Å²) >= 11 is 1.86. The van der Waals surface area contributed by atoms with Crippen LogP contribution in [0, 0.1) is 0 Å². The molecule has 2 aromatic carbocycles. The number of thioether (sulfide) groups is 1. The van der Waals surface area contributed by atoms with E-state index in [1.807, 2.05) is 11.8 Å². The van der Waals surface area contributed by atoms with Crippen LogP contribution in [0.2, 0.25) is 0 Å². The Morgan fingerprint density at radius 1 is 1.13 bits per heavy atom. The van der Waals surface area contributed by atoms with Gasteiger partial charge in [0.15, 0.2) is 0 Å². The zero-order valence-corrected chi connectivity index (χ0v) is 9.68. The number of benzene rings is 2. The minimum absolute atomic E-state index is 0.848. The van der Waals surface area contributed by atoms with E-state index in [1.54, 1.807) is 0 Å². The second-order valence-electron chi connectivity index (χ2n) is 4.22. The lowest BCUT2D eigenvalue weighted by molar-refractivity contribution is 1.12. The van der Waals surface area contributed by atoms with Gasteiger partial charge < -0.3 is 0 Å². The molecule has 1 aliphatic carbocycles. The molecule has 0 aromatic heterocycles. The van der Waals surface area contributed by atoms with Crippen LogP contribution in [-0.2, 0) is 0 Å². The van der Waals surface area contributed by atoms with Crippen molar-refractivity contribution in [2.75, 3.05) is 6.26 Å². The van der Waals surface area contributed by atoms with Crippen LogP contribution in [0.3, 0.4) is 0 Å². The van der Waals surface area contributed by atoms with Gasteiger partial charge in [-0.3, -0.25) is 0 Å². The molecule has 0 heterocycles.